The topological polar surface area (TPSA) is 61.6 Å². The number of hydrogen-bond acceptors (Lipinski definition) is 5. The van der Waals surface area contributed by atoms with E-state index in [1.807, 2.05) is 0 Å². The molecular formula is C23H13F6NO4. The van der Waals surface area contributed by atoms with Gasteiger partial charge in [-0.1, -0.05) is 23.4 Å². The van der Waals surface area contributed by atoms with Gasteiger partial charge in [0.05, 0.1) is 5.69 Å². The molecule has 0 saturated carbocycles. The Labute approximate surface area is 187 Å². The summed E-state index contributed by atoms with van der Waals surface area (Å²) in [5.41, 5.74) is 1.03. The molecule has 1 unspecified atom stereocenters. The van der Waals surface area contributed by atoms with E-state index in [1.165, 1.54) is 24.3 Å². The lowest BCUT2D eigenvalue weighted by atomic mass is 10.1. The highest BCUT2D eigenvalue weighted by molar-refractivity contribution is 5.83. The van der Waals surface area contributed by atoms with Crippen LogP contribution in [0.4, 0.5) is 26.3 Å². The van der Waals surface area contributed by atoms with Gasteiger partial charge >= 0.3 is 5.97 Å². The number of benzene rings is 3. The van der Waals surface area contributed by atoms with Crippen LogP contribution in [0.1, 0.15) is 18.2 Å². The summed E-state index contributed by atoms with van der Waals surface area (Å²) in [5.74, 6) is -14.5. The highest BCUT2D eigenvalue weighted by atomic mass is 19.2. The Morgan fingerprint density at radius 1 is 0.941 bits per heavy atom. The molecule has 0 fully saturated rings. The Morgan fingerprint density at radius 3 is 2.26 bits per heavy atom. The molecule has 34 heavy (non-hydrogen) atoms. The van der Waals surface area contributed by atoms with Crippen LogP contribution >= 0.6 is 0 Å². The number of rotatable bonds is 6. The van der Waals surface area contributed by atoms with Crippen LogP contribution in [-0.2, 0) is 11.2 Å². The molecule has 1 aromatic heterocycles. The molecule has 1 heterocycles. The molecule has 0 N–H and O–H groups in total. The van der Waals surface area contributed by atoms with E-state index in [0.29, 0.717) is 16.6 Å². The summed E-state index contributed by atoms with van der Waals surface area (Å²) in [6, 6.07) is 10.3. The number of carbonyl (C=O) groups excluding carboxylic acids is 1. The van der Waals surface area contributed by atoms with E-state index in [0.717, 1.165) is 6.92 Å². The maximum absolute atomic E-state index is 13.9. The fourth-order valence-corrected chi connectivity index (χ4v) is 3.10. The van der Waals surface area contributed by atoms with Gasteiger partial charge in [0.25, 0.3) is 0 Å². The molecule has 11 heteroatoms. The van der Waals surface area contributed by atoms with Crippen molar-refractivity contribution in [2.24, 2.45) is 0 Å². The first kappa shape index (κ1) is 23.1. The lowest BCUT2D eigenvalue weighted by Crippen LogP contribution is -2.29. The van der Waals surface area contributed by atoms with Crippen LogP contribution in [0, 0.1) is 34.9 Å². The highest BCUT2D eigenvalue weighted by Gasteiger charge is 2.30. The molecule has 0 aliphatic carbocycles. The van der Waals surface area contributed by atoms with Crippen molar-refractivity contribution in [3.05, 3.63) is 88.6 Å². The molecule has 1 atom stereocenters. The first-order valence-corrected chi connectivity index (χ1v) is 9.68. The lowest BCUT2D eigenvalue weighted by molar-refractivity contribution is -0.141. The van der Waals surface area contributed by atoms with E-state index in [9.17, 15) is 31.1 Å². The van der Waals surface area contributed by atoms with Crippen LogP contribution in [0.3, 0.4) is 0 Å². The van der Waals surface area contributed by atoms with E-state index < -0.39 is 52.7 Å². The van der Waals surface area contributed by atoms with Gasteiger partial charge in [-0.2, -0.15) is 8.78 Å². The molecule has 0 aliphatic heterocycles. The predicted octanol–water partition coefficient (Wildman–Crippen LogP) is 5.63. The third kappa shape index (κ3) is 4.28. The quantitative estimate of drug-likeness (QED) is 0.118. The van der Waals surface area contributed by atoms with Gasteiger partial charge < -0.3 is 14.0 Å². The molecule has 0 aliphatic rings. The van der Waals surface area contributed by atoms with Crippen LogP contribution in [0.15, 0.2) is 47.0 Å². The van der Waals surface area contributed by atoms with Gasteiger partial charge in [0.2, 0.25) is 29.1 Å². The van der Waals surface area contributed by atoms with Gasteiger partial charge in [0.1, 0.15) is 11.6 Å². The zero-order valence-corrected chi connectivity index (χ0v) is 17.2. The van der Waals surface area contributed by atoms with Crippen LogP contribution in [0.25, 0.3) is 11.0 Å². The zero-order chi connectivity index (χ0) is 24.6. The molecule has 5 nitrogen and oxygen atoms in total. The second-order valence-electron chi connectivity index (χ2n) is 7.14. The maximum Gasteiger partial charge on any atom is 0.352 e. The largest absolute Gasteiger partial charge is 0.473 e. The van der Waals surface area contributed by atoms with E-state index >= 15 is 0 Å². The Kier molecular flexibility index (Phi) is 6.18. The third-order valence-corrected chi connectivity index (χ3v) is 4.85. The van der Waals surface area contributed by atoms with Gasteiger partial charge in [-0.15, -0.1) is 0 Å². The second-order valence-corrected chi connectivity index (χ2v) is 7.14. The second kappa shape index (κ2) is 9.08. The van der Waals surface area contributed by atoms with Gasteiger partial charge in [0, 0.05) is 17.9 Å². The van der Waals surface area contributed by atoms with E-state index in [-0.39, 0.29) is 17.8 Å². The average molecular weight is 481 g/mol. The number of fused-ring (bicyclic) bond motifs is 1. The standard InChI is InChI=1S/C23H13F6NO4/c1-10(32-22-20(28)18(26)17(25)19(27)21(22)29)23(31)33-12-6-7-13-15(30-34-16(13)9-12)8-11-4-2-3-5-14(11)24/h2-7,9-10H,8H2,1H3. The molecule has 3 aromatic carbocycles. The summed E-state index contributed by atoms with van der Waals surface area (Å²) in [7, 11) is 0. The predicted molar refractivity (Wildman–Crippen MR) is 105 cm³/mol. The molecular weight excluding hydrogens is 468 g/mol. The number of nitrogens with zero attached hydrogens (tertiary/aromatic N) is 1. The summed E-state index contributed by atoms with van der Waals surface area (Å²) in [6.45, 7) is 1.000. The number of carbonyl (C=O) groups is 1. The van der Waals surface area contributed by atoms with Crippen molar-refractivity contribution in [2.45, 2.75) is 19.4 Å². The fraction of sp³-hybridized carbons (Fsp3) is 0.130. The summed E-state index contributed by atoms with van der Waals surface area (Å²) < 4.78 is 96.1. The van der Waals surface area contributed by atoms with Crippen molar-refractivity contribution in [2.75, 3.05) is 0 Å². The van der Waals surface area contributed by atoms with Crippen LogP contribution in [-0.4, -0.2) is 17.2 Å². The minimum atomic E-state index is -2.35. The van der Waals surface area contributed by atoms with Crippen molar-refractivity contribution in [3.63, 3.8) is 0 Å². The molecule has 0 bridgehead atoms. The molecule has 0 amide bonds. The monoisotopic (exact) mass is 481 g/mol. The van der Waals surface area contributed by atoms with Gasteiger partial charge in [-0.3, -0.25) is 0 Å². The Balaban J connectivity index is 1.50. The van der Waals surface area contributed by atoms with Crippen molar-refractivity contribution in [3.8, 4) is 11.5 Å². The lowest BCUT2D eigenvalue weighted by Gasteiger charge is -2.15. The molecule has 176 valence electrons. The Morgan fingerprint density at radius 2 is 1.59 bits per heavy atom. The van der Waals surface area contributed by atoms with E-state index in [4.69, 9.17) is 9.26 Å². The number of esters is 1. The maximum atomic E-state index is 13.9. The molecule has 4 aromatic rings. The SMILES string of the molecule is CC(Oc1c(F)c(F)c(F)c(F)c1F)C(=O)Oc1ccc2c(Cc3ccccc3F)noc2c1. The highest BCUT2D eigenvalue weighted by Crippen LogP contribution is 2.30. The van der Waals surface area contributed by atoms with Gasteiger partial charge in [0.15, 0.2) is 17.4 Å². The van der Waals surface area contributed by atoms with Crippen molar-refractivity contribution >= 4 is 16.9 Å². The van der Waals surface area contributed by atoms with Crippen molar-refractivity contribution in [1.82, 2.24) is 5.16 Å². The number of aromatic nitrogens is 1. The number of halogens is 6. The molecule has 0 radical (unpaired) electrons. The average Bonchev–Trinajstić information content (AvgIpc) is 3.22. The smallest absolute Gasteiger partial charge is 0.352 e. The normalized spacial score (nSPS) is 12.1. The molecule has 4 rings (SSSR count). The van der Waals surface area contributed by atoms with Crippen molar-refractivity contribution < 1.29 is 45.1 Å². The first-order valence-electron chi connectivity index (χ1n) is 9.68. The summed E-state index contributed by atoms with van der Waals surface area (Å²) in [6.07, 6.45) is -1.60. The Bertz CT molecular complexity index is 1370. The fourth-order valence-electron chi connectivity index (χ4n) is 3.10. The van der Waals surface area contributed by atoms with E-state index in [2.05, 4.69) is 9.89 Å². The first-order chi connectivity index (χ1) is 16.2. The number of hydrogen-bond donors (Lipinski definition) is 0. The van der Waals surface area contributed by atoms with Crippen LogP contribution in [0.5, 0.6) is 11.5 Å². The Hall–Kier alpha value is -4.02. The zero-order valence-electron chi connectivity index (χ0n) is 17.2. The summed E-state index contributed by atoms with van der Waals surface area (Å²) in [5, 5.41) is 4.42. The van der Waals surface area contributed by atoms with E-state index in [1.54, 1.807) is 18.2 Å². The summed E-state index contributed by atoms with van der Waals surface area (Å²) >= 11 is 0. The van der Waals surface area contributed by atoms with Gasteiger partial charge in [-0.05, 0) is 30.7 Å². The minimum Gasteiger partial charge on any atom is -0.473 e. The van der Waals surface area contributed by atoms with Crippen molar-refractivity contribution in [1.29, 1.82) is 0 Å². The minimum absolute atomic E-state index is 0.0704. The van der Waals surface area contributed by atoms with Crippen LogP contribution < -0.4 is 9.47 Å². The van der Waals surface area contributed by atoms with Gasteiger partial charge in [-0.25, -0.2) is 22.4 Å². The third-order valence-electron chi connectivity index (χ3n) is 4.85. The molecule has 0 spiro atoms. The summed E-state index contributed by atoms with van der Waals surface area (Å²) in [4.78, 5) is 12.3. The number of ether oxygens (including phenoxy) is 2. The van der Waals surface area contributed by atoms with Crippen LogP contribution in [0.2, 0.25) is 0 Å². The molecule has 0 saturated heterocycles.